The number of nitrogens with zero attached hydrogens (tertiary/aromatic N) is 1. The van der Waals surface area contributed by atoms with Gasteiger partial charge in [-0.1, -0.05) is 25.1 Å². The highest BCUT2D eigenvalue weighted by Gasteiger charge is 2.43. The Hall–Kier alpha value is -0.330. The van der Waals surface area contributed by atoms with Gasteiger partial charge in [-0.05, 0) is 12.8 Å². The SMILES string of the molecule is NC(=S)C1(C(=O)NCCN2CCSCC2)CCCC1. The average Bonchev–Trinajstić information content (AvgIpc) is 2.90. The summed E-state index contributed by atoms with van der Waals surface area (Å²) in [7, 11) is 0. The number of nitrogens with one attached hydrogen (secondary N) is 1. The number of carbonyl (C=O) groups excluding carboxylic acids is 1. The van der Waals surface area contributed by atoms with Crippen LogP contribution in [0.2, 0.25) is 0 Å². The van der Waals surface area contributed by atoms with Crippen LogP contribution in [0.4, 0.5) is 0 Å². The van der Waals surface area contributed by atoms with Gasteiger partial charge in [0.1, 0.15) is 0 Å². The average molecular weight is 301 g/mol. The fraction of sp³-hybridized carbons (Fsp3) is 0.846. The van der Waals surface area contributed by atoms with Crippen molar-refractivity contribution in [3.63, 3.8) is 0 Å². The van der Waals surface area contributed by atoms with Gasteiger partial charge in [0.2, 0.25) is 5.91 Å². The first-order valence-corrected chi connectivity index (χ1v) is 8.60. The van der Waals surface area contributed by atoms with Crippen LogP contribution in [0, 0.1) is 5.41 Å². The molecule has 108 valence electrons. The highest BCUT2D eigenvalue weighted by molar-refractivity contribution is 7.99. The fourth-order valence-electron chi connectivity index (χ4n) is 2.89. The van der Waals surface area contributed by atoms with Crippen LogP contribution in [0.25, 0.3) is 0 Å². The van der Waals surface area contributed by atoms with Crippen molar-refractivity contribution in [3.05, 3.63) is 0 Å². The predicted molar refractivity (Wildman–Crippen MR) is 84.5 cm³/mol. The minimum absolute atomic E-state index is 0.0453. The molecule has 1 aliphatic carbocycles. The molecule has 0 unspecified atom stereocenters. The molecule has 6 heteroatoms. The maximum absolute atomic E-state index is 12.3. The molecule has 4 nitrogen and oxygen atoms in total. The lowest BCUT2D eigenvalue weighted by Gasteiger charge is -2.29. The first-order chi connectivity index (χ1) is 9.15. The molecule has 2 rings (SSSR count). The topological polar surface area (TPSA) is 58.4 Å². The van der Waals surface area contributed by atoms with Crippen molar-refractivity contribution in [2.24, 2.45) is 11.1 Å². The summed E-state index contributed by atoms with van der Waals surface area (Å²) in [6.07, 6.45) is 3.73. The summed E-state index contributed by atoms with van der Waals surface area (Å²) in [5.41, 5.74) is 5.24. The van der Waals surface area contributed by atoms with E-state index in [1.54, 1.807) is 0 Å². The van der Waals surface area contributed by atoms with Gasteiger partial charge in [-0.2, -0.15) is 11.8 Å². The van der Waals surface area contributed by atoms with Crippen LogP contribution in [-0.4, -0.2) is 53.5 Å². The summed E-state index contributed by atoms with van der Waals surface area (Å²) >= 11 is 7.12. The molecule has 1 heterocycles. The van der Waals surface area contributed by atoms with E-state index in [1.807, 2.05) is 11.8 Å². The first-order valence-electron chi connectivity index (χ1n) is 7.03. The zero-order valence-corrected chi connectivity index (χ0v) is 13.0. The molecule has 19 heavy (non-hydrogen) atoms. The highest BCUT2D eigenvalue weighted by atomic mass is 32.2. The maximum Gasteiger partial charge on any atom is 0.233 e. The third-order valence-electron chi connectivity index (χ3n) is 4.18. The molecule has 0 bridgehead atoms. The molecular weight excluding hydrogens is 278 g/mol. The van der Waals surface area contributed by atoms with Crippen molar-refractivity contribution >= 4 is 34.9 Å². The molecule has 1 amide bonds. The van der Waals surface area contributed by atoms with Crippen LogP contribution >= 0.6 is 24.0 Å². The lowest BCUT2D eigenvalue weighted by molar-refractivity contribution is -0.127. The molecule has 0 radical (unpaired) electrons. The van der Waals surface area contributed by atoms with E-state index in [0.29, 0.717) is 11.5 Å². The van der Waals surface area contributed by atoms with Crippen LogP contribution in [-0.2, 0) is 4.79 Å². The largest absolute Gasteiger partial charge is 0.392 e. The van der Waals surface area contributed by atoms with Gasteiger partial charge in [-0.15, -0.1) is 0 Å². The van der Waals surface area contributed by atoms with Gasteiger partial charge in [0.15, 0.2) is 0 Å². The molecule has 2 fully saturated rings. The third kappa shape index (κ3) is 3.61. The van der Waals surface area contributed by atoms with Gasteiger partial charge >= 0.3 is 0 Å². The summed E-state index contributed by atoms with van der Waals surface area (Å²) in [6.45, 7) is 3.88. The van der Waals surface area contributed by atoms with Gasteiger partial charge in [0, 0.05) is 37.7 Å². The van der Waals surface area contributed by atoms with Crippen molar-refractivity contribution in [1.82, 2.24) is 10.2 Å². The number of thioether (sulfide) groups is 1. The minimum Gasteiger partial charge on any atom is -0.392 e. The summed E-state index contributed by atoms with van der Waals surface area (Å²) in [4.78, 5) is 15.1. The van der Waals surface area contributed by atoms with E-state index in [1.165, 1.54) is 11.5 Å². The molecule has 1 aliphatic heterocycles. The number of hydrogen-bond acceptors (Lipinski definition) is 4. The lowest BCUT2D eigenvalue weighted by Crippen LogP contribution is -2.49. The zero-order valence-electron chi connectivity index (χ0n) is 11.3. The minimum atomic E-state index is -0.562. The van der Waals surface area contributed by atoms with Crippen molar-refractivity contribution < 1.29 is 4.79 Å². The quantitative estimate of drug-likeness (QED) is 0.742. The van der Waals surface area contributed by atoms with E-state index in [0.717, 1.165) is 45.3 Å². The van der Waals surface area contributed by atoms with Crippen LogP contribution in [0.1, 0.15) is 25.7 Å². The van der Waals surface area contributed by atoms with Crippen LogP contribution < -0.4 is 11.1 Å². The van der Waals surface area contributed by atoms with Crippen molar-refractivity contribution in [2.45, 2.75) is 25.7 Å². The highest BCUT2D eigenvalue weighted by Crippen LogP contribution is 2.38. The number of rotatable bonds is 5. The monoisotopic (exact) mass is 301 g/mol. The molecule has 1 saturated carbocycles. The van der Waals surface area contributed by atoms with E-state index in [-0.39, 0.29) is 5.91 Å². The molecule has 2 aliphatic rings. The summed E-state index contributed by atoms with van der Waals surface area (Å²) < 4.78 is 0. The Morgan fingerprint density at radius 3 is 2.53 bits per heavy atom. The van der Waals surface area contributed by atoms with E-state index < -0.39 is 5.41 Å². The number of nitrogens with two attached hydrogens (primary N) is 1. The Kier molecular flexibility index (Phi) is 5.47. The number of amides is 1. The van der Waals surface area contributed by atoms with Gasteiger partial charge in [-0.3, -0.25) is 9.69 Å². The predicted octanol–water partition coefficient (Wildman–Crippen LogP) is 0.998. The van der Waals surface area contributed by atoms with E-state index in [2.05, 4.69) is 10.2 Å². The Labute approximate surface area is 124 Å². The molecule has 0 spiro atoms. The lowest BCUT2D eigenvalue weighted by atomic mass is 9.85. The fourth-order valence-corrected chi connectivity index (χ4v) is 4.16. The second kappa shape index (κ2) is 6.90. The van der Waals surface area contributed by atoms with E-state index in [9.17, 15) is 4.79 Å². The molecule has 0 atom stereocenters. The molecular formula is C13H23N3OS2. The molecule has 0 aromatic rings. The summed E-state index contributed by atoms with van der Waals surface area (Å²) in [5, 5.41) is 3.04. The summed E-state index contributed by atoms with van der Waals surface area (Å²) in [5.74, 6) is 2.44. The van der Waals surface area contributed by atoms with Crippen molar-refractivity contribution in [1.29, 1.82) is 0 Å². The van der Waals surface area contributed by atoms with Gasteiger partial charge in [0.25, 0.3) is 0 Å². The molecule has 1 saturated heterocycles. The Morgan fingerprint density at radius 1 is 1.32 bits per heavy atom. The van der Waals surface area contributed by atoms with E-state index >= 15 is 0 Å². The van der Waals surface area contributed by atoms with Gasteiger partial charge < -0.3 is 11.1 Å². The van der Waals surface area contributed by atoms with Crippen LogP contribution in [0.5, 0.6) is 0 Å². The Balaban J connectivity index is 1.78. The van der Waals surface area contributed by atoms with Gasteiger partial charge in [-0.25, -0.2) is 0 Å². The van der Waals surface area contributed by atoms with E-state index in [4.69, 9.17) is 18.0 Å². The van der Waals surface area contributed by atoms with Crippen LogP contribution in [0.3, 0.4) is 0 Å². The van der Waals surface area contributed by atoms with Crippen molar-refractivity contribution in [3.8, 4) is 0 Å². The first kappa shape index (κ1) is 15.1. The third-order valence-corrected chi connectivity index (χ3v) is 5.51. The molecule has 3 N–H and O–H groups in total. The second-order valence-corrected chi connectivity index (χ2v) is 7.03. The number of carbonyl (C=O) groups is 1. The maximum atomic E-state index is 12.3. The Bertz CT molecular complexity index is 337. The molecule has 0 aromatic carbocycles. The number of thiocarbonyl (C=S) groups is 1. The van der Waals surface area contributed by atoms with Crippen molar-refractivity contribution in [2.75, 3.05) is 37.7 Å². The second-order valence-electron chi connectivity index (χ2n) is 5.36. The molecule has 0 aromatic heterocycles. The standard InChI is InChI=1S/C13H23N3OS2/c14-11(18)13(3-1-2-4-13)12(17)15-5-6-16-7-9-19-10-8-16/h1-10H2,(H2,14,18)(H,15,17). The summed E-state index contributed by atoms with van der Waals surface area (Å²) in [6, 6.07) is 0. The van der Waals surface area contributed by atoms with Crippen LogP contribution in [0.15, 0.2) is 0 Å². The smallest absolute Gasteiger partial charge is 0.233 e. The zero-order chi connectivity index (χ0) is 13.7. The number of hydrogen-bond donors (Lipinski definition) is 2. The normalized spacial score (nSPS) is 23.2. The Morgan fingerprint density at radius 2 is 1.95 bits per heavy atom. The van der Waals surface area contributed by atoms with Gasteiger partial charge in [0.05, 0.1) is 10.4 Å².